The van der Waals surface area contributed by atoms with E-state index in [-0.39, 0.29) is 35.2 Å². The first kappa shape index (κ1) is 25.4. The van der Waals surface area contributed by atoms with E-state index in [0.717, 1.165) is 19.3 Å². The average molecular weight is 478 g/mol. The molecule has 2 atom stereocenters. The van der Waals surface area contributed by atoms with Crippen LogP contribution >= 0.6 is 11.6 Å². The fourth-order valence-corrected chi connectivity index (χ4v) is 4.27. The molecule has 6 nitrogen and oxygen atoms in total. The van der Waals surface area contributed by atoms with Crippen LogP contribution in [0.25, 0.3) is 0 Å². The van der Waals surface area contributed by atoms with Crippen molar-refractivity contribution < 1.29 is 18.7 Å². The molecule has 1 heterocycles. The average Bonchev–Trinajstić information content (AvgIpc) is 2.81. The van der Waals surface area contributed by atoms with E-state index in [2.05, 4.69) is 10.6 Å². The van der Waals surface area contributed by atoms with Gasteiger partial charge in [0.25, 0.3) is 0 Å². The van der Waals surface area contributed by atoms with Gasteiger partial charge in [-0.25, -0.2) is 4.39 Å². The summed E-state index contributed by atoms with van der Waals surface area (Å²) >= 11 is 6.31. The number of ether oxygens (including phenoxy) is 2. The summed E-state index contributed by atoms with van der Waals surface area (Å²) in [5.74, 6) is 0.329. The van der Waals surface area contributed by atoms with Crippen molar-refractivity contribution in [3.8, 4) is 11.5 Å². The van der Waals surface area contributed by atoms with Crippen LogP contribution in [0.2, 0.25) is 5.02 Å². The highest BCUT2D eigenvalue weighted by atomic mass is 35.5. The molecule has 33 heavy (non-hydrogen) atoms. The summed E-state index contributed by atoms with van der Waals surface area (Å²) in [6.07, 6.45) is 2.84. The smallest absolute Gasteiger partial charge is 0.221 e. The van der Waals surface area contributed by atoms with Gasteiger partial charge in [0.1, 0.15) is 5.75 Å². The van der Waals surface area contributed by atoms with E-state index in [0.29, 0.717) is 43.5 Å². The number of carbonyl (C=O) groups is 1. The maximum atomic E-state index is 15.7. The lowest BCUT2D eigenvalue weighted by atomic mass is 9.88. The van der Waals surface area contributed by atoms with Crippen molar-refractivity contribution in [2.75, 3.05) is 26.3 Å². The highest BCUT2D eigenvalue weighted by Crippen LogP contribution is 2.38. The van der Waals surface area contributed by atoms with Crippen LogP contribution in [-0.4, -0.2) is 38.3 Å². The molecule has 1 amide bonds. The van der Waals surface area contributed by atoms with Crippen LogP contribution in [0.1, 0.15) is 44.2 Å². The monoisotopic (exact) mass is 477 g/mol. The predicted molar refractivity (Wildman–Crippen MR) is 128 cm³/mol. The minimum absolute atomic E-state index is 0.00693. The van der Waals surface area contributed by atoms with Crippen molar-refractivity contribution >= 4 is 17.5 Å². The molecule has 0 aliphatic carbocycles. The quantitative estimate of drug-likeness (QED) is 0.441. The predicted octanol–water partition coefficient (Wildman–Crippen LogP) is 4.57. The molecule has 8 heteroatoms. The third kappa shape index (κ3) is 7.67. The van der Waals surface area contributed by atoms with Gasteiger partial charge in [-0.3, -0.25) is 4.79 Å². The van der Waals surface area contributed by atoms with Crippen molar-refractivity contribution in [3.63, 3.8) is 0 Å². The first-order chi connectivity index (χ1) is 16.0. The number of halogens is 2. The summed E-state index contributed by atoms with van der Waals surface area (Å²) in [6.45, 7) is 4.16. The van der Waals surface area contributed by atoms with E-state index in [1.807, 2.05) is 25.1 Å². The Kier molecular flexibility index (Phi) is 9.94. The summed E-state index contributed by atoms with van der Waals surface area (Å²) in [5.41, 5.74) is 5.94. The molecule has 2 aromatic rings. The zero-order valence-corrected chi connectivity index (χ0v) is 19.7. The Hall–Kier alpha value is -2.19. The number of benzene rings is 2. The highest BCUT2D eigenvalue weighted by molar-refractivity contribution is 6.32. The number of nitrogens with two attached hydrogens (primary N) is 1. The van der Waals surface area contributed by atoms with Crippen LogP contribution in [0.4, 0.5) is 4.39 Å². The molecule has 0 aromatic heterocycles. The molecule has 0 bridgehead atoms. The van der Waals surface area contributed by atoms with Crippen LogP contribution in [-0.2, 0) is 9.53 Å². The van der Waals surface area contributed by atoms with Gasteiger partial charge in [0.2, 0.25) is 5.91 Å². The zero-order chi connectivity index (χ0) is 23.6. The Labute approximate surface area is 200 Å². The van der Waals surface area contributed by atoms with Crippen LogP contribution in [0.3, 0.4) is 0 Å². The largest absolute Gasteiger partial charge is 0.453 e. The van der Waals surface area contributed by atoms with Gasteiger partial charge in [-0.15, -0.1) is 0 Å². The number of hydrogen-bond acceptors (Lipinski definition) is 5. The number of para-hydroxylation sites is 1. The zero-order valence-electron chi connectivity index (χ0n) is 19.0. The minimum atomic E-state index is -0.490. The number of rotatable bonds is 11. The first-order valence-electron chi connectivity index (χ1n) is 11.5. The molecule has 4 N–H and O–H groups in total. The number of nitrogens with one attached hydrogen (secondary N) is 2. The van der Waals surface area contributed by atoms with Gasteiger partial charge in [0, 0.05) is 50.4 Å². The topological polar surface area (TPSA) is 85.6 Å². The van der Waals surface area contributed by atoms with Gasteiger partial charge >= 0.3 is 0 Å². The van der Waals surface area contributed by atoms with E-state index in [1.165, 1.54) is 0 Å². The fourth-order valence-electron chi connectivity index (χ4n) is 4.08. The standard InChI is InChI=1S/C25H33ClFN3O3/c1-17(15-23(31)29-12-11-28)30-22(16-18-9-13-32-14-10-18)20-7-8-21(26)25(24(20)27)33-19-5-3-2-4-6-19/h2-8,17-18,22,30H,9-16,28H2,1H3,(H,29,31)/t17-,22-/m1/s1. The molecule has 0 radical (unpaired) electrons. The number of hydrogen-bond donors (Lipinski definition) is 3. The van der Waals surface area contributed by atoms with Crippen molar-refractivity contribution in [1.82, 2.24) is 10.6 Å². The normalized spacial score (nSPS) is 16.2. The van der Waals surface area contributed by atoms with E-state index >= 15 is 4.39 Å². The summed E-state index contributed by atoms with van der Waals surface area (Å²) in [5, 5.41) is 6.46. The number of amides is 1. The summed E-state index contributed by atoms with van der Waals surface area (Å²) < 4.78 is 27.0. The Balaban J connectivity index is 1.82. The second-order valence-electron chi connectivity index (χ2n) is 8.45. The highest BCUT2D eigenvalue weighted by Gasteiger charge is 2.27. The van der Waals surface area contributed by atoms with E-state index < -0.39 is 5.82 Å². The van der Waals surface area contributed by atoms with Gasteiger partial charge in [0.05, 0.1) is 5.02 Å². The molecule has 0 saturated carbocycles. The van der Waals surface area contributed by atoms with Gasteiger partial charge in [-0.05, 0) is 50.3 Å². The third-order valence-electron chi connectivity index (χ3n) is 5.77. The SMILES string of the molecule is C[C@H](CC(=O)NCCN)N[C@H](CC1CCOCC1)c1ccc(Cl)c(Oc2ccccc2)c1F. The first-order valence-corrected chi connectivity index (χ1v) is 11.9. The molecule has 1 aliphatic heterocycles. The molecule has 0 spiro atoms. The maximum absolute atomic E-state index is 15.7. The second kappa shape index (κ2) is 12.9. The molecule has 1 saturated heterocycles. The number of carbonyl (C=O) groups excluding carboxylic acids is 1. The molecule has 3 rings (SSSR count). The second-order valence-corrected chi connectivity index (χ2v) is 8.86. The van der Waals surface area contributed by atoms with Gasteiger partial charge in [0.15, 0.2) is 11.6 Å². The van der Waals surface area contributed by atoms with Crippen molar-refractivity contribution in [3.05, 3.63) is 58.9 Å². The molecular formula is C25H33ClFN3O3. The molecule has 0 unspecified atom stereocenters. The van der Waals surface area contributed by atoms with Gasteiger partial charge in [-0.1, -0.05) is 35.9 Å². The molecular weight excluding hydrogens is 445 g/mol. The Bertz CT molecular complexity index is 894. The lowest BCUT2D eigenvalue weighted by Gasteiger charge is -2.30. The summed E-state index contributed by atoms with van der Waals surface area (Å²) in [4.78, 5) is 12.2. The van der Waals surface area contributed by atoms with Crippen molar-refractivity contribution in [1.29, 1.82) is 0 Å². The Morgan fingerprint density at radius 3 is 2.67 bits per heavy atom. The van der Waals surface area contributed by atoms with E-state index in [9.17, 15) is 4.79 Å². The molecule has 1 fully saturated rings. The van der Waals surface area contributed by atoms with Crippen LogP contribution in [0.5, 0.6) is 11.5 Å². The van der Waals surface area contributed by atoms with E-state index in [1.54, 1.807) is 24.3 Å². The van der Waals surface area contributed by atoms with Gasteiger partial charge < -0.3 is 25.8 Å². The molecule has 180 valence electrons. The summed E-state index contributed by atoms with van der Waals surface area (Å²) in [7, 11) is 0. The summed E-state index contributed by atoms with van der Waals surface area (Å²) in [6, 6.07) is 11.9. The van der Waals surface area contributed by atoms with Crippen LogP contribution in [0, 0.1) is 11.7 Å². The van der Waals surface area contributed by atoms with Crippen LogP contribution < -0.4 is 21.1 Å². The lowest BCUT2D eigenvalue weighted by Crippen LogP contribution is -2.38. The van der Waals surface area contributed by atoms with Crippen molar-refractivity contribution in [2.24, 2.45) is 11.7 Å². The third-order valence-corrected chi connectivity index (χ3v) is 6.07. The fraction of sp³-hybridized carbons (Fsp3) is 0.480. The Morgan fingerprint density at radius 1 is 1.24 bits per heavy atom. The molecule has 1 aliphatic rings. The van der Waals surface area contributed by atoms with Crippen LogP contribution in [0.15, 0.2) is 42.5 Å². The Morgan fingerprint density at radius 2 is 1.97 bits per heavy atom. The van der Waals surface area contributed by atoms with Gasteiger partial charge in [-0.2, -0.15) is 0 Å². The van der Waals surface area contributed by atoms with Crippen molar-refractivity contribution in [2.45, 2.75) is 44.7 Å². The van der Waals surface area contributed by atoms with E-state index in [4.69, 9.17) is 26.8 Å². The molecule has 2 aromatic carbocycles. The minimum Gasteiger partial charge on any atom is -0.453 e. The lowest BCUT2D eigenvalue weighted by molar-refractivity contribution is -0.121. The maximum Gasteiger partial charge on any atom is 0.221 e.